The first-order chi connectivity index (χ1) is 13.9. The van der Waals surface area contributed by atoms with Gasteiger partial charge in [-0.3, -0.25) is 14.5 Å². The number of amides is 2. The summed E-state index contributed by atoms with van der Waals surface area (Å²) in [6, 6.07) is 13.3. The Morgan fingerprint density at radius 1 is 1.00 bits per heavy atom. The molecule has 0 bridgehead atoms. The molecule has 0 saturated carbocycles. The lowest BCUT2D eigenvalue weighted by atomic mass is 10.1. The number of carbonyl (C=O) groups excluding carboxylic acids is 2. The first kappa shape index (κ1) is 21.1. The highest BCUT2D eigenvalue weighted by Gasteiger charge is 2.21. The standard InChI is InChI=1S/C23H26ClN3O2/c1-17-4-3-5-18(2)23(17)25-21(28)16-26-12-14-27(15-13-26)22(29)11-8-19-6-9-20(24)10-7-19/h3-11H,12-16H2,1-2H3,(H,25,28). The number of hydrogen-bond acceptors (Lipinski definition) is 3. The lowest BCUT2D eigenvalue weighted by molar-refractivity contribution is -0.127. The summed E-state index contributed by atoms with van der Waals surface area (Å²) in [6.45, 7) is 6.90. The van der Waals surface area contributed by atoms with Crippen molar-refractivity contribution in [2.45, 2.75) is 13.8 Å². The zero-order valence-electron chi connectivity index (χ0n) is 16.8. The number of carbonyl (C=O) groups is 2. The van der Waals surface area contributed by atoms with Gasteiger partial charge in [0.05, 0.1) is 6.54 Å². The lowest BCUT2D eigenvalue weighted by Crippen LogP contribution is -2.50. The minimum atomic E-state index is -0.0233. The number of benzene rings is 2. The van der Waals surface area contributed by atoms with Crippen LogP contribution in [0.15, 0.2) is 48.5 Å². The van der Waals surface area contributed by atoms with Crippen LogP contribution in [-0.2, 0) is 9.59 Å². The summed E-state index contributed by atoms with van der Waals surface area (Å²) in [4.78, 5) is 28.7. The summed E-state index contributed by atoms with van der Waals surface area (Å²) >= 11 is 5.87. The average Bonchev–Trinajstić information content (AvgIpc) is 2.71. The third-order valence-corrected chi connectivity index (χ3v) is 5.34. The van der Waals surface area contributed by atoms with E-state index in [4.69, 9.17) is 11.6 Å². The van der Waals surface area contributed by atoms with E-state index < -0.39 is 0 Å². The summed E-state index contributed by atoms with van der Waals surface area (Å²) in [6.07, 6.45) is 3.38. The van der Waals surface area contributed by atoms with Crippen molar-refractivity contribution in [3.63, 3.8) is 0 Å². The van der Waals surface area contributed by atoms with Gasteiger partial charge in [-0.1, -0.05) is 41.9 Å². The molecular weight excluding hydrogens is 386 g/mol. The molecule has 152 valence electrons. The molecule has 2 aromatic carbocycles. The van der Waals surface area contributed by atoms with Crippen molar-refractivity contribution in [3.05, 3.63) is 70.3 Å². The van der Waals surface area contributed by atoms with Crippen LogP contribution in [0.5, 0.6) is 0 Å². The van der Waals surface area contributed by atoms with Gasteiger partial charge in [0.25, 0.3) is 0 Å². The van der Waals surface area contributed by atoms with Crippen molar-refractivity contribution >= 4 is 35.2 Å². The van der Waals surface area contributed by atoms with E-state index in [1.807, 2.05) is 49.1 Å². The van der Waals surface area contributed by atoms with E-state index in [1.165, 1.54) is 0 Å². The summed E-state index contributed by atoms with van der Waals surface area (Å²) in [7, 11) is 0. The molecule has 0 radical (unpaired) electrons. The van der Waals surface area contributed by atoms with Crippen LogP contribution in [-0.4, -0.2) is 54.3 Å². The molecule has 2 amide bonds. The highest BCUT2D eigenvalue weighted by molar-refractivity contribution is 6.30. The van der Waals surface area contributed by atoms with Gasteiger partial charge >= 0.3 is 0 Å². The quantitative estimate of drug-likeness (QED) is 0.762. The van der Waals surface area contributed by atoms with E-state index in [2.05, 4.69) is 10.2 Å². The number of anilines is 1. The molecule has 2 aromatic rings. The Hall–Kier alpha value is -2.63. The Morgan fingerprint density at radius 2 is 1.62 bits per heavy atom. The number of nitrogens with one attached hydrogen (secondary N) is 1. The molecule has 3 rings (SSSR count). The van der Waals surface area contributed by atoms with Gasteiger partial charge in [0.2, 0.25) is 11.8 Å². The molecular formula is C23H26ClN3O2. The Balaban J connectivity index is 1.46. The minimum Gasteiger partial charge on any atom is -0.337 e. The molecule has 1 N–H and O–H groups in total. The lowest BCUT2D eigenvalue weighted by Gasteiger charge is -2.33. The van der Waals surface area contributed by atoms with Crippen LogP contribution >= 0.6 is 11.6 Å². The summed E-state index contributed by atoms with van der Waals surface area (Å²) in [5, 5.41) is 3.69. The molecule has 1 fully saturated rings. The fourth-order valence-electron chi connectivity index (χ4n) is 3.37. The van der Waals surface area contributed by atoms with Crippen molar-refractivity contribution in [1.82, 2.24) is 9.80 Å². The fourth-order valence-corrected chi connectivity index (χ4v) is 3.49. The van der Waals surface area contributed by atoms with Crippen molar-refractivity contribution in [2.24, 2.45) is 0 Å². The number of hydrogen-bond donors (Lipinski definition) is 1. The highest BCUT2D eigenvalue weighted by Crippen LogP contribution is 2.19. The Kier molecular flexibility index (Phi) is 7.07. The molecule has 1 aliphatic heterocycles. The first-order valence-electron chi connectivity index (χ1n) is 9.73. The summed E-state index contributed by atoms with van der Waals surface area (Å²) in [5.74, 6) is -0.0376. The molecule has 6 heteroatoms. The van der Waals surface area contributed by atoms with Gasteiger partial charge in [0.15, 0.2) is 0 Å². The van der Waals surface area contributed by atoms with E-state index in [9.17, 15) is 9.59 Å². The van der Waals surface area contributed by atoms with Crippen LogP contribution in [0.25, 0.3) is 6.08 Å². The number of halogens is 1. The monoisotopic (exact) mass is 411 g/mol. The number of nitrogens with zero attached hydrogens (tertiary/aromatic N) is 2. The molecule has 0 atom stereocenters. The predicted molar refractivity (Wildman–Crippen MR) is 118 cm³/mol. The van der Waals surface area contributed by atoms with Crippen LogP contribution in [0.4, 0.5) is 5.69 Å². The van der Waals surface area contributed by atoms with Gasteiger partial charge in [-0.05, 0) is 48.7 Å². The Morgan fingerprint density at radius 3 is 2.24 bits per heavy atom. The number of aryl methyl sites for hydroxylation is 2. The van der Waals surface area contributed by atoms with Crippen molar-refractivity contribution in [1.29, 1.82) is 0 Å². The topological polar surface area (TPSA) is 52.7 Å². The number of para-hydroxylation sites is 1. The molecule has 0 spiro atoms. The van der Waals surface area contributed by atoms with Crippen molar-refractivity contribution < 1.29 is 9.59 Å². The highest BCUT2D eigenvalue weighted by atomic mass is 35.5. The first-order valence-corrected chi connectivity index (χ1v) is 10.1. The van der Waals surface area contributed by atoms with Gasteiger partial charge in [-0.25, -0.2) is 0 Å². The Labute approximate surface area is 177 Å². The second kappa shape index (κ2) is 9.72. The van der Waals surface area contributed by atoms with E-state index in [0.717, 1.165) is 22.4 Å². The minimum absolute atomic E-state index is 0.0143. The molecule has 29 heavy (non-hydrogen) atoms. The van der Waals surface area contributed by atoms with Crippen LogP contribution < -0.4 is 5.32 Å². The van der Waals surface area contributed by atoms with Crippen molar-refractivity contribution in [2.75, 3.05) is 38.0 Å². The maximum atomic E-state index is 12.4. The third kappa shape index (κ3) is 5.92. The predicted octanol–water partition coefficient (Wildman–Crippen LogP) is 3.75. The smallest absolute Gasteiger partial charge is 0.246 e. The van der Waals surface area contributed by atoms with E-state index in [1.54, 1.807) is 24.3 Å². The molecule has 0 aliphatic carbocycles. The Bertz CT molecular complexity index is 881. The molecule has 5 nitrogen and oxygen atoms in total. The van der Waals surface area contributed by atoms with Crippen LogP contribution in [0.2, 0.25) is 5.02 Å². The molecule has 1 saturated heterocycles. The second-order valence-electron chi connectivity index (χ2n) is 7.30. The molecule has 0 aromatic heterocycles. The summed E-state index contributed by atoms with van der Waals surface area (Å²) < 4.78 is 0. The number of piperazine rings is 1. The average molecular weight is 412 g/mol. The van der Waals surface area contributed by atoms with Gasteiger partial charge in [0.1, 0.15) is 0 Å². The van der Waals surface area contributed by atoms with Gasteiger partial charge < -0.3 is 10.2 Å². The maximum Gasteiger partial charge on any atom is 0.246 e. The van der Waals surface area contributed by atoms with Crippen LogP contribution in [0.3, 0.4) is 0 Å². The van der Waals surface area contributed by atoms with Crippen molar-refractivity contribution in [3.8, 4) is 0 Å². The van der Waals surface area contributed by atoms with Crippen LogP contribution in [0, 0.1) is 13.8 Å². The van der Waals surface area contributed by atoms with E-state index >= 15 is 0 Å². The SMILES string of the molecule is Cc1cccc(C)c1NC(=O)CN1CCN(C(=O)C=Cc2ccc(Cl)cc2)CC1. The number of rotatable bonds is 5. The normalized spacial score (nSPS) is 14.9. The summed E-state index contributed by atoms with van der Waals surface area (Å²) in [5.41, 5.74) is 3.94. The zero-order chi connectivity index (χ0) is 20.8. The third-order valence-electron chi connectivity index (χ3n) is 5.09. The zero-order valence-corrected chi connectivity index (χ0v) is 17.6. The second-order valence-corrected chi connectivity index (χ2v) is 7.74. The van der Waals surface area contributed by atoms with Crippen LogP contribution in [0.1, 0.15) is 16.7 Å². The van der Waals surface area contributed by atoms with Gasteiger partial charge in [0, 0.05) is 43.0 Å². The van der Waals surface area contributed by atoms with Gasteiger partial charge in [-0.15, -0.1) is 0 Å². The molecule has 1 aliphatic rings. The van der Waals surface area contributed by atoms with E-state index in [-0.39, 0.29) is 11.8 Å². The van der Waals surface area contributed by atoms with Gasteiger partial charge in [-0.2, -0.15) is 0 Å². The fraction of sp³-hybridized carbons (Fsp3) is 0.304. The molecule has 1 heterocycles. The maximum absolute atomic E-state index is 12.4. The largest absolute Gasteiger partial charge is 0.337 e. The van der Waals surface area contributed by atoms with E-state index in [0.29, 0.717) is 37.7 Å². The molecule has 0 unspecified atom stereocenters.